The van der Waals surface area contributed by atoms with E-state index in [0.29, 0.717) is 5.69 Å². The van der Waals surface area contributed by atoms with Gasteiger partial charge in [0.1, 0.15) is 5.69 Å². The van der Waals surface area contributed by atoms with Crippen molar-refractivity contribution in [1.82, 2.24) is 4.98 Å². The fourth-order valence-electron chi connectivity index (χ4n) is 2.06. The second-order valence-corrected chi connectivity index (χ2v) is 3.32. The molecule has 0 fully saturated rings. The molecule has 2 bridgehead atoms. The van der Waals surface area contributed by atoms with Crippen molar-refractivity contribution in [1.29, 1.82) is 0 Å². The summed E-state index contributed by atoms with van der Waals surface area (Å²) in [4.78, 5) is 13.6. The summed E-state index contributed by atoms with van der Waals surface area (Å²) in [5.41, 5.74) is 4.64. The van der Waals surface area contributed by atoms with Gasteiger partial charge in [0.15, 0.2) is 0 Å². The Kier molecular flexibility index (Phi) is 0.999. The van der Waals surface area contributed by atoms with Gasteiger partial charge in [-0.15, -0.1) is 0 Å². The lowest BCUT2D eigenvalue weighted by atomic mass is 10.1. The molecule has 0 radical (unpaired) electrons. The maximum absolute atomic E-state index is 10.8. The fraction of sp³-hybridized carbons (Fsp3) is 0.100. The molecule has 64 valence electrons. The Bertz CT molecular complexity index is 477. The first-order chi connectivity index (χ1) is 6.27. The Morgan fingerprint density at radius 3 is 2.92 bits per heavy atom. The van der Waals surface area contributed by atoms with Crippen LogP contribution in [0.2, 0.25) is 0 Å². The molecular weight excluding hydrogens is 166 g/mol. The lowest BCUT2D eigenvalue weighted by Crippen LogP contribution is -1.99. The van der Waals surface area contributed by atoms with Gasteiger partial charge in [-0.3, -0.25) is 0 Å². The SMILES string of the molecule is O=C(O)c1[nH]cc2c1C1=CC=C2C1. The molecule has 3 heteroatoms. The maximum Gasteiger partial charge on any atom is 0.352 e. The molecule has 3 rings (SSSR count). The summed E-state index contributed by atoms with van der Waals surface area (Å²) in [5.74, 6) is -0.879. The Labute approximate surface area is 74.4 Å². The van der Waals surface area contributed by atoms with E-state index in [0.717, 1.165) is 23.1 Å². The van der Waals surface area contributed by atoms with Crippen molar-refractivity contribution < 1.29 is 9.90 Å². The first-order valence-corrected chi connectivity index (χ1v) is 4.12. The van der Waals surface area contributed by atoms with Crippen LogP contribution in [0.15, 0.2) is 18.3 Å². The van der Waals surface area contributed by atoms with Crippen molar-refractivity contribution >= 4 is 17.1 Å². The van der Waals surface area contributed by atoms with Crippen molar-refractivity contribution in [3.8, 4) is 0 Å². The van der Waals surface area contributed by atoms with E-state index in [4.69, 9.17) is 5.11 Å². The molecule has 2 aliphatic carbocycles. The Morgan fingerprint density at radius 2 is 2.15 bits per heavy atom. The van der Waals surface area contributed by atoms with E-state index >= 15 is 0 Å². The number of hydrogen-bond acceptors (Lipinski definition) is 1. The van der Waals surface area contributed by atoms with Crippen molar-refractivity contribution in [2.75, 3.05) is 0 Å². The summed E-state index contributed by atoms with van der Waals surface area (Å²) in [6.07, 6.45) is 6.74. The number of nitrogens with one attached hydrogen (secondary N) is 1. The van der Waals surface area contributed by atoms with Crippen LogP contribution < -0.4 is 0 Å². The molecule has 2 aliphatic rings. The van der Waals surface area contributed by atoms with Gasteiger partial charge in [-0.2, -0.15) is 0 Å². The molecule has 1 aromatic rings. The molecule has 0 spiro atoms. The van der Waals surface area contributed by atoms with Crippen LogP contribution in [0, 0.1) is 0 Å². The van der Waals surface area contributed by atoms with Crippen molar-refractivity contribution in [2.24, 2.45) is 0 Å². The average molecular weight is 173 g/mol. The molecule has 2 N–H and O–H groups in total. The highest BCUT2D eigenvalue weighted by Gasteiger charge is 2.30. The summed E-state index contributed by atoms with van der Waals surface area (Å²) >= 11 is 0. The number of rotatable bonds is 1. The van der Waals surface area contributed by atoms with E-state index in [1.165, 1.54) is 5.57 Å². The number of hydrogen-bond donors (Lipinski definition) is 2. The van der Waals surface area contributed by atoms with Crippen LogP contribution >= 0.6 is 0 Å². The molecule has 0 saturated carbocycles. The van der Waals surface area contributed by atoms with Gasteiger partial charge in [-0.1, -0.05) is 12.2 Å². The van der Waals surface area contributed by atoms with E-state index in [2.05, 4.69) is 11.1 Å². The highest BCUT2D eigenvalue weighted by atomic mass is 16.4. The topological polar surface area (TPSA) is 53.1 Å². The normalized spacial score (nSPS) is 16.9. The van der Waals surface area contributed by atoms with Gasteiger partial charge in [-0.05, 0) is 17.6 Å². The Morgan fingerprint density at radius 1 is 1.38 bits per heavy atom. The van der Waals surface area contributed by atoms with Gasteiger partial charge in [0.05, 0.1) is 0 Å². The number of allylic oxidation sites excluding steroid dienone is 4. The number of carbonyl (C=O) groups is 1. The van der Waals surface area contributed by atoms with Gasteiger partial charge in [0, 0.05) is 17.3 Å². The summed E-state index contributed by atoms with van der Waals surface area (Å²) in [6, 6.07) is 0. The monoisotopic (exact) mass is 173 g/mol. The third kappa shape index (κ3) is 0.667. The summed E-state index contributed by atoms with van der Waals surface area (Å²) in [6.45, 7) is 0. The van der Waals surface area contributed by atoms with Crippen molar-refractivity contribution in [2.45, 2.75) is 6.42 Å². The van der Waals surface area contributed by atoms with E-state index in [1.807, 2.05) is 6.08 Å². The number of fused-ring (bicyclic) bond motifs is 5. The van der Waals surface area contributed by atoms with Crippen LogP contribution in [0.3, 0.4) is 0 Å². The Balaban J connectivity index is 2.31. The zero-order valence-electron chi connectivity index (χ0n) is 6.79. The third-order valence-electron chi connectivity index (χ3n) is 2.63. The molecular formula is C10H7NO2. The number of carboxylic acids is 1. The zero-order valence-corrected chi connectivity index (χ0v) is 6.79. The van der Waals surface area contributed by atoms with Crippen molar-refractivity contribution in [3.05, 3.63) is 35.2 Å². The van der Waals surface area contributed by atoms with E-state index < -0.39 is 5.97 Å². The lowest BCUT2D eigenvalue weighted by Gasteiger charge is -1.97. The zero-order chi connectivity index (χ0) is 9.00. The second kappa shape index (κ2) is 1.93. The first-order valence-electron chi connectivity index (χ1n) is 4.12. The molecule has 0 saturated heterocycles. The van der Waals surface area contributed by atoms with Crippen LogP contribution in [0.25, 0.3) is 11.1 Å². The summed E-state index contributed by atoms with van der Waals surface area (Å²) in [7, 11) is 0. The quantitative estimate of drug-likeness (QED) is 0.681. The number of aromatic amines is 1. The van der Waals surface area contributed by atoms with Crippen LogP contribution in [0.5, 0.6) is 0 Å². The average Bonchev–Trinajstić information content (AvgIpc) is 2.76. The molecule has 13 heavy (non-hydrogen) atoms. The molecule has 0 atom stereocenters. The van der Waals surface area contributed by atoms with Crippen LogP contribution in [-0.4, -0.2) is 16.1 Å². The number of H-pyrrole nitrogens is 1. The third-order valence-corrected chi connectivity index (χ3v) is 2.63. The predicted octanol–water partition coefficient (Wildman–Crippen LogP) is 1.90. The van der Waals surface area contributed by atoms with Crippen LogP contribution in [0.1, 0.15) is 28.0 Å². The van der Waals surface area contributed by atoms with Crippen molar-refractivity contribution in [3.63, 3.8) is 0 Å². The number of aromatic nitrogens is 1. The molecule has 3 nitrogen and oxygen atoms in total. The van der Waals surface area contributed by atoms with Gasteiger partial charge >= 0.3 is 5.97 Å². The minimum atomic E-state index is -0.879. The van der Waals surface area contributed by atoms with E-state index in [9.17, 15) is 4.79 Å². The number of aromatic carboxylic acids is 1. The highest BCUT2D eigenvalue weighted by Crippen LogP contribution is 2.46. The van der Waals surface area contributed by atoms with Gasteiger partial charge in [0.2, 0.25) is 0 Å². The second-order valence-electron chi connectivity index (χ2n) is 3.32. The minimum Gasteiger partial charge on any atom is -0.477 e. The minimum absolute atomic E-state index is 0.323. The van der Waals surface area contributed by atoms with Gasteiger partial charge < -0.3 is 10.1 Å². The molecule has 0 unspecified atom stereocenters. The fourth-order valence-corrected chi connectivity index (χ4v) is 2.06. The molecule has 1 heterocycles. The summed E-state index contributed by atoms with van der Waals surface area (Å²) in [5, 5.41) is 8.89. The standard InChI is InChI=1S/C10H7NO2/c12-10(13)9-8-6-2-1-5(3-6)7(8)4-11-9/h1-2,4,11H,3H2,(H,12,13). The molecule has 0 aromatic carbocycles. The van der Waals surface area contributed by atoms with E-state index in [1.54, 1.807) is 6.20 Å². The number of carboxylic acid groups (broad SMARTS) is 1. The highest BCUT2D eigenvalue weighted by molar-refractivity contribution is 6.05. The van der Waals surface area contributed by atoms with Crippen LogP contribution in [0.4, 0.5) is 0 Å². The maximum atomic E-state index is 10.8. The molecule has 0 amide bonds. The largest absolute Gasteiger partial charge is 0.477 e. The van der Waals surface area contributed by atoms with Crippen LogP contribution in [-0.2, 0) is 0 Å². The van der Waals surface area contributed by atoms with Gasteiger partial charge in [0.25, 0.3) is 0 Å². The molecule has 0 aliphatic heterocycles. The first kappa shape index (κ1) is 6.71. The predicted molar refractivity (Wildman–Crippen MR) is 48.3 cm³/mol. The molecule has 1 aromatic heterocycles. The lowest BCUT2D eigenvalue weighted by molar-refractivity contribution is 0.0691. The Hall–Kier alpha value is -1.77. The smallest absolute Gasteiger partial charge is 0.352 e. The van der Waals surface area contributed by atoms with E-state index in [-0.39, 0.29) is 0 Å². The van der Waals surface area contributed by atoms with Gasteiger partial charge in [-0.25, -0.2) is 4.79 Å². The summed E-state index contributed by atoms with van der Waals surface area (Å²) < 4.78 is 0.